The van der Waals surface area contributed by atoms with E-state index in [0.29, 0.717) is 50.6 Å². The van der Waals surface area contributed by atoms with E-state index in [4.69, 9.17) is 19.9 Å². The average Bonchev–Trinajstić information content (AvgIpc) is 2.60. The lowest BCUT2D eigenvalue weighted by molar-refractivity contribution is -0.136. The van der Waals surface area contributed by atoms with Crippen LogP contribution in [-0.4, -0.2) is 39.9 Å². The van der Waals surface area contributed by atoms with Crippen molar-refractivity contribution in [3.05, 3.63) is 22.2 Å². The van der Waals surface area contributed by atoms with Gasteiger partial charge in [0.2, 0.25) is 5.91 Å². The highest BCUT2D eigenvalue weighted by Gasteiger charge is 2.38. The number of halogens is 2. The molecule has 3 N–H and O–H groups in total. The van der Waals surface area contributed by atoms with Crippen LogP contribution in [-0.2, 0) is 16.1 Å². The van der Waals surface area contributed by atoms with E-state index < -0.39 is 5.41 Å². The highest BCUT2D eigenvalue weighted by atomic mass is 79.9. The highest BCUT2D eigenvalue weighted by molar-refractivity contribution is 9.10. The van der Waals surface area contributed by atoms with Gasteiger partial charge in [-0.1, -0.05) is 15.9 Å². The molecule has 0 saturated carbocycles. The van der Waals surface area contributed by atoms with E-state index in [1.807, 2.05) is 12.1 Å². The molecule has 0 radical (unpaired) electrons. The summed E-state index contributed by atoms with van der Waals surface area (Å²) < 4.78 is 16.7. The maximum atomic E-state index is 12.6. The second-order valence-electron chi connectivity index (χ2n) is 5.58. The van der Waals surface area contributed by atoms with Gasteiger partial charge in [-0.3, -0.25) is 4.79 Å². The van der Waals surface area contributed by atoms with Gasteiger partial charge in [0.25, 0.3) is 0 Å². The predicted molar refractivity (Wildman–Crippen MR) is 97.9 cm³/mol. The molecule has 1 heterocycles. The Labute approximate surface area is 156 Å². The van der Waals surface area contributed by atoms with E-state index >= 15 is 0 Å². The lowest BCUT2D eigenvalue weighted by Crippen LogP contribution is -2.49. The molecule has 0 aliphatic carbocycles. The first-order valence-electron chi connectivity index (χ1n) is 7.53. The minimum absolute atomic E-state index is 0. The molecule has 24 heavy (non-hydrogen) atoms. The molecule has 0 unspecified atom stereocenters. The molecule has 1 aliphatic rings. The third kappa shape index (κ3) is 4.53. The van der Waals surface area contributed by atoms with Crippen LogP contribution in [0.4, 0.5) is 0 Å². The second kappa shape index (κ2) is 9.46. The van der Waals surface area contributed by atoms with Crippen molar-refractivity contribution in [3.63, 3.8) is 0 Å². The van der Waals surface area contributed by atoms with Crippen molar-refractivity contribution in [2.24, 2.45) is 11.1 Å². The number of rotatable bonds is 6. The molecular formula is C16H24BrClN2O4. The minimum Gasteiger partial charge on any atom is -0.493 e. The molecule has 0 aromatic heterocycles. The summed E-state index contributed by atoms with van der Waals surface area (Å²) in [6.45, 7) is 1.87. The Bertz CT molecular complexity index is 565. The Morgan fingerprint density at radius 3 is 2.42 bits per heavy atom. The van der Waals surface area contributed by atoms with E-state index in [-0.39, 0.29) is 18.3 Å². The van der Waals surface area contributed by atoms with Crippen molar-refractivity contribution in [1.29, 1.82) is 0 Å². The lowest BCUT2D eigenvalue weighted by atomic mass is 9.79. The van der Waals surface area contributed by atoms with Gasteiger partial charge in [0, 0.05) is 30.8 Å². The van der Waals surface area contributed by atoms with Crippen molar-refractivity contribution < 1.29 is 19.0 Å². The summed E-state index contributed by atoms with van der Waals surface area (Å²) in [4.78, 5) is 12.6. The standard InChI is InChI=1S/C16H23BrN2O4.ClH/c1-21-13-7-11(12(17)8-14(13)22-2)9-19-15(20)16(10-18)3-5-23-6-4-16;/h7-8H,3-6,9-10,18H2,1-2H3,(H,19,20);1H. The fourth-order valence-corrected chi connectivity index (χ4v) is 3.14. The van der Waals surface area contributed by atoms with Crippen LogP contribution in [0, 0.1) is 5.41 Å². The minimum atomic E-state index is -0.527. The van der Waals surface area contributed by atoms with Crippen LogP contribution in [0.5, 0.6) is 11.5 Å². The topological polar surface area (TPSA) is 82.8 Å². The molecular weight excluding hydrogens is 400 g/mol. The van der Waals surface area contributed by atoms with Gasteiger partial charge < -0.3 is 25.3 Å². The first-order valence-corrected chi connectivity index (χ1v) is 8.32. The molecule has 136 valence electrons. The fraction of sp³-hybridized carbons (Fsp3) is 0.562. The van der Waals surface area contributed by atoms with Crippen molar-refractivity contribution in [1.82, 2.24) is 5.32 Å². The van der Waals surface area contributed by atoms with Crippen molar-refractivity contribution in [2.45, 2.75) is 19.4 Å². The number of methoxy groups -OCH3 is 2. The zero-order valence-electron chi connectivity index (χ0n) is 13.9. The molecule has 8 heteroatoms. The summed E-state index contributed by atoms with van der Waals surface area (Å²) in [6.07, 6.45) is 1.31. The van der Waals surface area contributed by atoms with Gasteiger partial charge in [0.1, 0.15) is 0 Å². The molecule has 2 rings (SSSR count). The quantitative estimate of drug-likeness (QED) is 0.733. The molecule has 0 spiro atoms. The first kappa shape index (κ1) is 21.0. The number of carbonyl (C=O) groups excluding carboxylic acids is 1. The fourth-order valence-electron chi connectivity index (χ4n) is 2.68. The van der Waals surface area contributed by atoms with Gasteiger partial charge in [0.05, 0.1) is 19.6 Å². The van der Waals surface area contributed by atoms with Gasteiger partial charge in [-0.25, -0.2) is 0 Å². The van der Waals surface area contributed by atoms with E-state index in [1.165, 1.54) is 0 Å². The van der Waals surface area contributed by atoms with E-state index in [0.717, 1.165) is 10.0 Å². The average molecular weight is 424 g/mol. The Hall–Kier alpha value is -1.02. The molecule has 0 bridgehead atoms. The third-order valence-corrected chi connectivity index (χ3v) is 5.05. The summed E-state index contributed by atoms with van der Waals surface area (Å²) in [5, 5.41) is 2.99. The summed E-state index contributed by atoms with van der Waals surface area (Å²) >= 11 is 3.50. The zero-order valence-corrected chi connectivity index (χ0v) is 16.3. The largest absolute Gasteiger partial charge is 0.493 e. The molecule has 6 nitrogen and oxygen atoms in total. The number of hydrogen-bond donors (Lipinski definition) is 2. The van der Waals surface area contributed by atoms with Gasteiger partial charge >= 0.3 is 0 Å². The Kier molecular flexibility index (Phi) is 8.29. The first-order chi connectivity index (χ1) is 11.1. The number of carbonyl (C=O) groups is 1. The van der Waals surface area contributed by atoms with Crippen LogP contribution in [0.15, 0.2) is 16.6 Å². The highest BCUT2D eigenvalue weighted by Crippen LogP contribution is 2.34. The van der Waals surface area contributed by atoms with E-state index in [2.05, 4.69) is 21.2 Å². The van der Waals surface area contributed by atoms with Crippen molar-refractivity contribution >= 4 is 34.2 Å². The lowest BCUT2D eigenvalue weighted by Gasteiger charge is -2.34. The zero-order chi connectivity index (χ0) is 16.9. The number of ether oxygens (including phenoxy) is 3. The van der Waals surface area contributed by atoms with E-state index in [9.17, 15) is 4.79 Å². The normalized spacial score (nSPS) is 16.0. The molecule has 1 aromatic carbocycles. The van der Waals surface area contributed by atoms with Gasteiger partial charge in [-0.15, -0.1) is 12.4 Å². The Morgan fingerprint density at radius 2 is 1.88 bits per heavy atom. The number of amides is 1. The van der Waals surface area contributed by atoms with Crippen LogP contribution in [0.3, 0.4) is 0 Å². The molecule has 1 aliphatic heterocycles. The number of nitrogens with two attached hydrogens (primary N) is 1. The van der Waals surface area contributed by atoms with Gasteiger partial charge in [-0.2, -0.15) is 0 Å². The Morgan fingerprint density at radius 1 is 1.29 bits per heavy atom. The molecule has 1 fully saturated rings. The maximum absolute atomic E-state index is 12.6. The van der Waals surface area contributed by atoms with Crippen LogP contribution in [0.1, 0.15) is 18.4 Å². The summed E-state index contributed by atoms with van der Waals surface area (Å²) in [5.41, 5.74) is 6.25. The number of benzene rings is 1. The number of nitrogens with one attached hydrogen (secondary N) is 1. The van der Waals surface area contributed by atoms with Gasteiger partial charge in [0.15, 0.2) is 11.5 Å². The van der Waals surface area contributed by atoms with Crippen LogP contribution in [0.2, 0.25) is 0 Å². The van der Waals surface area contributed by atoms with Gasteiger partial charge in [-0.05, 0) is 30.5 Å². The van der Waals surface area contributed by atoms with E-state index in [1.54, 1.807) is 14.2 Å². The van der Waals surface area contributed by atoms with Crippen molar-refractivity contribution in [2.75, 3.05) is 34.0 Å². The van der Waals surface area contributed by atoms with Crippen molar-refractivity contribution in [3.8, 4) is 11.5 Å². The number of hydrogen-bond acceptors (Lipinski definition) is 5. The van der Waals surface area contributed by atoms with Crippen LogP contribution in [0.25, 0.3) is 0 Å². The molecule has 1 amide bonds. The smallest absolute Gasteiger partial charge is 0.227 e. The Balaban J connectivity index is 0.00000288. The molecule has 0 atom stereocenters. The summed E-state index contributed by atoms with van der Waals surface area (Å²) in [6, 6.07) is 3.68. The monoisotopic (exact) mass is 422 g/mol. The summed E-state index contributed by atoms with van der Waals surface area (Å²) in [7, 11) is 3.17. The molecule has 1 aromatic rings. The third-order valence-electron chi connectivity index (χ3n) is 4.31. The summed E-state index contributed by atoms with van der Waals surface area (Å²) in [5.74, 6) is 1.24. The predicted octanol–water partition coefficient (Wildman–Crippen LogP) is 2.26. The van der Waals surface area contributed by atoms with Crippen LogP contribution >= 0.6 is 28.3 Å². The second-order valence-corrected chi connectivity index (χ2v) is 6.43. The molecule has 1 saturated heterocycles. The van der Waals surface area contributed by atoms with Crippen LogP contribution < -0.4 is 20.5 Å². The maximum Gasteiger partial charge on any atom is 0.227 e. The SMILES string of the molecule is COc1cc(Br)c(CNC(=O)C2(CN)CCOCC2)cc1OC.Cl.